The SMILES string of the molecule is CC(C)(C)S(=O)(=O)CCOc1cncc(C(=O)O)c1. The molecule has 106 valence electrons. The van der Waals surface area contributed by atoms with Crippen molar-refractivity contribution in [3.8, 4) is 5.75 Å². The minimum atomic E-state index is -3.26. The number of aromatic carboxylic acids is 1. The first-order valence-corrected chi connectivity index (χ1v) is 7.32. The van der Waals surface area contributed by atoms with Crippen molar-refractivity contribution < 1.29 is 23.1 Å². The van der Waals surface area contributed by atoms with E-state index in [1.165, 1.54) is 18.5 Å². The topological polar surface area (TPSA) is 93.6 Å². The second-order valence-corrected chi connectivity index (χ2v) is 7.86. The number of pyridine rings is 1. The summed E-state index contributed by atoms with van der Waals surface area (Å²) in [5, 5.41) is 8.78. The van der Waals surface area contributed by atoms with E-state index >= 15 is 0 Å². The average Bonchev–Trinajstić information content (AvgIpc) is 2.27. The van der Waals surface area contributed by atoms with Crippen LogP contribution in [-0.4, -0.2) is 41.6 Å². The summed E-state index contributed by atoms with van der Waals surface area (Å²) >= 11 is 0. The Hall–Kier alpha value is -1.63. The number of nitrogens with zero attached hydrogens (tertiary/aromatic N) is 1. The van der Waals surface area contributed by atoms with Gasteiger partial charge in [-0.2, -0.15) is 0 Å². The summed E-state index contributed by atoms with van der Waals surface area (Å²) in [6.07, 6.45) is 2.54. The molecule has 0 aromatic carbocycles. The van der Waals surface area contributed by atoms with Gasteiger partial charge >= 0.3 is 5.97 Å². The van der Waals surface area contributed by atoms with Gasteiger partial charge in [0, 0.05) is 6.20 Å². The van der Waals surface area contributed by atoms with Crippen LogP contribution in [0.4, 0.5) is 0 Å². The molecule has 1 aromatic heterocycles. The first-order chi connectivity index (χ1) is 8.63. The molecule has 19 heavy (non-hydrogen) atoms. The molecule has 0 bridgehead atoms. The van der Waals surface area contributed by atoms with E-state index in [-0.39, 0.29) is 23.7 Å². The molecule has 0 amide bonds. The van der Waals surface area contributed by atoms with E-state index in [2.05, 4.69) is 4.98 Å². The van der Waals surface area contributed by atoms with E-state index in [1.54, 1.807) is 20.8 Å². The fraction of sp³-hybridized carbons (Fsp3) is 0.500. The number of hydrogen-bond donors (Lipinski definition) is 1. The zero-order chi connectivity index (χ0) is 14.7. The van der Waals surface area contributed by atoms with Crippen LogP contribution < -0.4 is 4.74 Å². The second-order valence-electron chi connectivity index (χ2n) is 4.99. The summed E-state index contributed by atoms with van der Waals surface area (Å²) in [7, 11) is -3.26. The van der Waals surface area contributed by atoms with Crippen LogP contribution in [0.25, 0.3) is 0 Å². The molecule has 1 N–H and O–H groups in total. The van der Waals surface area contributed by atoms with Gasteiger partial charge in [-0.3, -0.25) is 4.98 Å². The Morgan fingerprint density at radius 1 is 1.37 bits per heavy atom. The predicted octanol–water partition coefficient (Wildman–Crippen LogP) is 1.37. The van der Waals surface area contributed by atoms with Crippen molar-refractivity contribution in [3.05, 3.63) is 24.0 Å². The number of carboxylic acids is 1. The summed E-state index contributed by atoms with van der Waals surface area (Å²) in [5.41, 5.74) is -0.00354. The highest BCUT2D eigenvalue weighted by Crippen LogP contribution is 2.17. The number of carbonyl (C=O) groups is 1. The van der Waals surface area contributed by atoms with Crippen molar-refractivity contribution in [1.82, 2.24) is 4.98 Å². The number of hydrogen-bond acceptors (Lipinski definition) is 5. The number of ether oxygens (including phenoxy) is 1. The van der Waals surface area contributed by atoms with Gasteiger partial charge in [0.05, 0.1) is 22.3 Å². The molecule has 0 unspecified atom stereocenters. The average molecular weight is 287 g/mol. The highest BCUT2D eigenvalue weighted by Gasteiger charge is 2.28. The molecule has 0 fully saturated rings. The molecule has 0 saturated carbocycles. The molecule has 7 heteroatoms. The quantitative estimate of drug-likeness (QED) is 0.879. The highest BCUT2D eigenvalue weighted by atomic mass is 32.2. The van der Waals surface area contributed by atoms with E-state index in [9.17, 15) is 13.2 Å². The van der Waals surface area contributed by atoms with Crippen LogP contribution in [0.15, 0.2) is 18.5 Å². The molecule has 0 saturated heterocycles. The first-order valence-electron chi connectivity index (χ1n) is 5.67. The minimum absolute atomic E-state index is 0.00354. The van der Waals surface area contributed by atoms with Crippen LogP contribution in [0.3, 0.4) is 0 Å². The van der Waals surface area contributed by atoms with E-state index in [4.69, 9.17) is 9.84 Å². The Kier molecular flexibility index (Phi) is 4.52. The maximum Gasteiger partial charge on any atom is 0.337 e. The Morgan fingerprint density at radius 2 is 2.00 bits per heavy atom. The Labute approximate surface area is 112 Å². The number of rotatable bonds is 5. The fourth-order valence-corrected chi connectivity index (χ4v) is 2.11. The minimum Gasteiger partial charge on any atom is -0.491 e. The van der Waals surface area contributed by atoms with Gasteiger partial charge in [-0.05, 0) is 26.8 Å². The Bertz CT molecular complexity index is 560. The largest absolute Gasteiger partial charge is 0.491 e. The number of carboxylic acid groups (broad SMARTS) is 1. The molecule has 0 aliphatic heterocycles. The summed E-state index contributed by atoms with van der Waals surface area (Å²) in [6, 6.07) is 1.30. The van der Waals surface area contributed by atoms with Crippen molar-refractivity contribution in [3.63, 3.8) is 0 Å². The zero-order valence-corrected chi connectivity index (χ0v) is 11.9. The van der Waals surface area contributed by atoms with Gasteiger partial charge in [0.1, 0.15) is 12.4 Å². The van der Waals surface area contributed by atoms with Gasteiger partial charge in [0.25, 0.3) is 0 Å². The molecule has 1 aromatic rings. The van der Waals surface area contributed by atoms with Crippen LogP contribution in [0.2, 0.25) is 0 Å². The van der Waals surface area contributed by atoms with E-state index in [1.807, 2.05) is 0 Å². The third-order valence-corrected chi connectivity index (χ3v) is 5.08. The smallest absolute Gasteiger partial charge is 0.337 e. The summed E-state index contributed by atoms with van der Waals surface area (Å²) in [5.74, 6) is -1.00. The molecule has 0 spiro atoms. The van der Waals surface area contributed by atoms with E-state index in [0.29, 0.717) is 0 Å². The van der Waals surface area contributed by atoms with Gasteiger partial charge in [-0.25, -0.2) is 13.2 Å². The second kappa shape index (κ2) is 5.56. The lowest BCUT2D eigenvalue weighted by atomic mass is 10.3. The summed E-state index contributed by atoms with van der Waals surface area (Å²) in [4.78, 5) is 14.4. The Morgan fingerprint density at radius 3 is 2.53 bits per heavy atom. The maximum atomic E-state index is 11.8. The molecule has 1 rings (SSSR count). The molecule has 1 heterocycles. The van der Waals surface area contributed by atoms with Crippen molar-refractivity contribution >= 4 is 15.8 Å². The van der Waals surface area contributed by atoms with Crippen molar-refractivity contribution in [2.75, 3.05) is 12.4 Å². The normalized spacial score (nSPS) is 12.2. The van der Waals surface area contributed by atoms with Crippen molar-refractivity contribution in [1.29, 1.82) is 0 Å². The molecule has 0 aliphatic rings. The molecule has 0 radical (unpaired) electrons. The number of aromatic nitrogens is 1. The predicted molar refractivity (Wildman–Crippen MR) is 70.2 cm³/mol. The van der Waals surface area contributed by atoms with Crippen molar-refractivity contribution in [2.24, 2.45) is 0 Å². The monoisotopic (exact) mass is 287 g/mol. The highest BCUT2D eigenvalue weighted by molar-refractivity contribution is 7.92. The summed E-state index contributed by atoms with van der Waals surface area (Å²) < 4.78 is 28.0. The van der Waals surface area contributed by atoms with E-state index in [0.717, 1.165) is 0 Å². The van der Waals surface area contributed by atoms with Gasteiger partial charge in [0.2, 0.25) is 0 Å². The lowest BCUT2D eigenvalue weighted by Crippen LogP contribution is -2.32. The fourth-order valence-electron chi connectivity index (χ4n) is 1.19. The molecule has 0 atom stereocenters. The lowest BCUT2D eigenvalue weighted by Gasteiger charge is -2.19. The molecular formula is C12H17NO5S. The molecule has 0 aliphatic carbocycles. The molecule has 6 nitrogen and oxygen atoms in total. The van der Waals surface area contributed by atoms with Crippen molar-refractivity contribution in [2.45, 2.75) is 25.5 Å². The van der Waals surface area contributed by atoms with E-state index < -0.39 is 20.6 Å². The van der Waals surface area contributed by atoms with Gasteiger partial charge in [-0.15, -0.1) is 0 Å². The van der Waals surface area contributed by atoms with Crippen LogP contribution in [0.1, 0.15) is 31.1 Å². The first kappa shape index (κ1) is 15.4. The number of sulfone groups is 1. The van der Waals surface area contributed by atoms with Gasteiger partial charge in [-0.1, -0.05) is 0 Å². The van der Waals surface area contributed by atoms with Crippen LogP contribution >= 0.6 is 0 Å². The van der Waals surface area contributed by atoms with Crippen LogP contribution in [0.5, 0.6) is 5.75 Å². The third kappa shape index (κ3) is 4.20. The van der Waals surface area contributed by atoms with Crippen LogP contribution in [0, 0.1) is 0 Å². The van der Waals surface area contributed by atoms with Gasteiger partial charge < -0.3 is 9.84 Å². The van der Waals surface area contributed by atoms with Gasteiger partial charge in [0.15, 0.2) is 9.84 Å². The Balaban J connectivity index is 2.64. The third-order valence-electron chi connectivity index (χ3n) is 2.51. The standard InChI is InChI=1S/C12H17NO5S/c1-12(2,3)19(16,17)5-4-18-10-6-9(11(14)15)7-13-8-10/h6-8H,4-5H2,1-3H3,(H,14,15). The summed E-state index contributed by atoms with van der Waals surface area (Å²) in [6.45, 7) is 4.82. The zero-order valence-electron chi connectivity index (χ0n) is 11.1. The molecular weight excluding hydrogens is 270 g/mol. The van der Waals surface area contributed by atoms with Crippen LogP contribution in [-0.2, 0) is 9.84 Å². The lowest BCUT2D eigenvalue weighted by molar-refractivity contribution is 0.0696. The maximum absolute atomic E-state index is 11.8.